The highest BCUT2D eigenvalue weighted by Crippen LogP contribution is 2.49. The summed E-state index contributed by atoms with van der Waals surface area (Å²) in [7, 11) is 0. The van der Waals surface area contributed by atoms with Gasteiger partial charge in [-0.25, -0.2) is 0 Å². The number of rotatable bonds is 4. The van der Waals surface area contributed by atoms with Crippen molar-refractivity contribution in [1.82, 2.24) is 14.5 Å². The van der Waals surface area contributed by atoms with Crippen molar-refractivity contribution in [2.45, 2.75) is 58.4 Å². The number of aliphatic imine (C=N–C) groups is 1. The number of fused-ring (bicyclic) bond motifs is 1. The van der Waals surface area contributed by atoms with Gasteiger partial charge in [-0.15, -0.1) is 0 Å². The number of thioether (sulfide) groups is 1. The van der Waals surface area contributed by atoms with Gasteiger partial charge < -0.3 is 9.47 Å². The van der Waals surface area contributed by atoms with Crippen molar-refractivity contribution < 1.29 is 0 Å². The van der Waals surface area contributed by atoms with Crippen LogP contribution in [-0.2, 0) is 6.42 Å². The van der Waals surface area contributed by atoms with E-state index in [1.54, 1.807) is 0 Å². The first-order valence-corrected chi connectivity index (χ1v) is 12.1. The summed E-state index contributed by atoms with van der Waals surface area (Å²) in [5.41, 5.74) is 9.07. The van der Waals surface area contributed by atoms with E-state index in [1.165, 1.54) is 38.9 Å². The number of amidine groups is 1. The van der Waals surface area contributed by atoms with Crippen LogP contribution in [0.25, 0.3) is 5.69 Å². The number of benzene rings is 1. The van der Waals surface area contributed by atoms with Gasteiger partial charge in [-0.2, -0.15) is 0 Å². The van der Waals surface area contributed by atoms with Crippen LogP contribution < -0.4 is 0 Å². The van der Waals surface area contributed by atoms with E-state index >= 15 is 0 Å². The fourth-order valence-corrected chi connectivity index (χ4v) is 6.30. The maximum absolute atomic E-state index is 5.17. The molecular weight excluding hydrogens is 400 g/mol. The molecule has 5 rings (SSSR count). The van der Waals surface area contributed by atoms with Crippen molar-refractivity contribution in [1.29, 1.82) is 0 Å². The highest BCUT2D eigenvalue weighted by molar-refractivity contribution is 8.14. The van der Waals surface area contributed by atoms with Crippen LogP contribution in [0.1, 0.15) is 59.7 Å². The number of hydrogen-bond acceptors (Lipinski definition) is 4. The molecule has 5 heteroatoms. The number of para-hydroxylation sites is 1. The van der Waals surface area contributed by atoms with Gasteiger partial charge in [-0.3, -0.25) is 9.98 Å². The highest BCUT2D eigenvalue weighted by Gasteiger charge is 2.44. The summed E-state index contributed by atoms with van der Waals surface area (Å²) in [6, 6.07) is 15.4. The molecule has 1 aromatic carbocycles. The lowest BCUT2D eigenvalue weighted by atomic mass is 9.96. The normalized spacial score (nSPS) is 22.7. The minimum atomic E-state index is 0.0349. The van der Waals surface area contributed by atoms with Crippen LogP contribution >= 0.6 is 11.8 Å². The van der Waals surface area contributed by atoms with E-state index in [0.717, 1.165) is 18.7 Å². The van der Waals surface area contributed by atoms with Gasteiger partial charge in [0, 0.05) is 29.4 Å². The average molecular weight is 431 g/mol. The smallest absolute Gasteiger partial charge is 0.160 e. The molecule has 31 heavy (non-hydrogen) atoms. The van der Waals surface area contributed by atoms with E-state index in [4.69, 9.17) is 9.98 Å². The van der Waals surface area contributed by atoms with Gasteiger partial charge in [-0.1, -0.05) is 49.9 Å². The predicted octanol–water partition coefficient (Wildman–Crippen LogP) is 5.95. The van der Waals surface area contributed by atoms with E-state index in [9.17, 15) is 0 Å². The zero-order valence-electron chi connectivity index (χ0n) is 19.0. The molecular formula is C26H30N4S. The molecule has 0 amide bonds. The standard InChI is InChI=1S/C26H30N4S/c1-6-20-11-9-10-16(2)24(20)30-17(3)14-21(19(30)5)25-23(22-12-7-8-13-27-22)28-26-29(25)15-18(4)31-26/h7-14,18,23,25H,6,15H2,1-5H3/t18-,23-,25-/m1/s1. The van der Waals surface area contributed by atoms with Crippen molar-refractivity contribution in [3.05, 3.63) is 82.4 Å². The molecule has 0 saturated carbocycles. The molecule has 0 radical (unpaired) electrons. The Balaban J connectivity index is 1.66. The lowest BCUT2D eigenvalue weighted by Crippen LogP contribution is -2.29. The van der Waals surface area contributed by atoms with Crippen LogP contribution in [0.5, 0.6) is 0 Å². The molecule has 0 bridgehead atoms. The molecule has 0 unspecified atom stereocenters. The minimum absolute atomic E-state index is 0.0349. The zero-order valence-corrected chi connectivity index (χ0v) is 19.8. The Morgan fingerprint density at radius 1 is 1.10 bits per heavy atom. The summed E-state index contributed by atoms with van der Waals surface area (Å²) in [5.74, 6) is 0. The molecule has 3 atom stereocenters. The Morgan fingerprint density at radius 2 is 1.94 bits per heavy atom. The summed E-state index contributed by atoms with van der Waals surface area (Å²) in [6.45, 7) is 12.3. The first kappa shape index (κ1) is 20.4. The lowest BCUT2D eigenvalue weighted by molar-refractivity contribution is 0.320. The number of aromatic nitrogens is 2. The maximum atomic E-state index is 5.17. The Hall–Kier alpha value is -2.53. The Morgan fingerprint density at radius 3 is 2.68 bits per heavy atom. The molecule has 4 heterocycles. The van der Waals surface area contributed by atoms with E-state index in [-0.39, 0.29) is 12.1 Å². The van der Waals surface area contributed by atoms with Crippen molar-refractivity contribution >= 4 is 16.9 Å². The van der Waals surface area contributed by atoms with Crippen LogP contribution in [0.2, 0.25) is 0 Å². The molecule has 1 fully saturated rings. The zero-order chi connectivity index (χ0) is 21.7. The third kappa shape index (κ3) is 3.30. The third-order valence-corrected chi connectivity index (χ3v) is 7.70. The van der Waals surface area contributed by atoms with Gasteiger partial charge in [-0.05, 0) is 62.1 Å². The fraction of sp³-hybridized carbons (Fsp3) is 0.385. The monoisotopic (exact) mass is 430 g/mol. The first-order valence-electron chi connectivity index (χ1n) is 11.2. The van der Waals surface area contributed by atoms with E-state index in [0.29, 0.717) is 5.25 Å². The predicted molar refractivity (Wildman–Crippen MR) is 130 cm³/mol. The van der Waals surface area contributed by atoms with Crippen LogP contribution in [0.15, 0.2) is 53.7 Å². The second-order valence-electron chi connectivity index (χ2n) is 8.73. The summed E-state index contributed by atoms with van der Waals surface area (Å²) < 4.78 is 2.46. The second kappa shape index (κ2) is 7.86. The number of hydrogen-bond donors (Lipinski definition) is 0. The SMILES string of the molecule is CCc1cccc(C)c1-n1c(C)cc([C@@H]2[C@@H](c3ccccn3)N=C3S[C@H](C)CN32)c1C. The van der Waals surface area contributed by atoms with Gasteiger partial charge in [0.1, 0.15) is 6.04 Å². The molecule has 160 valence electrons. The second-order valence-corrected chi connectivity index (χ2v) is 10.1. The Kier molecular flexibility index (Phi) is 5.17. The number of pyridine rings is 1. The van der Waals surface area contributed by atoms with Gasteiger partial charge in [0.05, 0.1) is 17.4 Å². The molecule has 0 aliphatic carbocycles. The molecule has 0 N–H and O–H groups in total. The molecule has 3 aromatic rings. The van der Waals surface area contributed by atoms with E-state index in [1.807, 2.05) is 24.0 Å². The minimum Gasteiger partial charge on any atom is -0.341 e. The quantitative estimate of drug-likeness (QED) is 0.513. The van der Waals surface area contributed by atoms with Crippen LogP contribution in [-0.4, -0.2) is 31.4 Å². The van der Waals surface area contributed by atoms with Gasteiger partial charge in [0.25, 0.3) is 0 Å². The van der Waals surface area contributed by atoms with Crippen LogP contribution in [0.4, 0.5) is 0 Å². The largest absolute Gasteiger partial charge is 0.341 e. The van der Waals surface area contributed by atoms with E-state index < -0.39 is 0 Å². The fourth-order valence-electron chi connectivity index (χ4n) is 5.21. The summed E-state index contributed by atoms with van der Waals surface area (Å²) in [4.78, 5) is 12.4. The molecule has 4 nitrogen and oxygen atoms in total. The number of aryl methyl sites for hydroxylation is 3. The van der Waals surface area contributed by atoms with Gasteiger partial charge in [0.2, 0.25) is 0 Å². The Labute approximate surface area is 189 Å². The maximum Gasteiger partial charge on any atom is 0.160 e. The molecule has 2 aromatic heterocycles. The summed E-state index contributed by atoms with van der Waals surface area (Å²) in [6.07, 6.45) is 2.91. The summed E-state index contributed by atoms with van der Waals surface area (Å²) >= 11 is 1.90. The van der Waals surface area contributed by atoms with Crippen molar-refractivity contribution in [3.63, 3.8) is 0 Å². The van der Waals surface area contributed by atoms with Gasteiger partial charge in [0.15, 0.2) is 5.17 Å². The molecule has 2 aliphatic rings. The summed E-state index contributed by atoms with van der Waals surface area (Å²) in [5, 5.41) is 1.74. The number of nitrogens with zero attached hydrogens (tertiary/aromatic N) is 4. The Bertz CT molecular complexity index is 1150. The third-order valence-electron chi connectivity index (χ3n) is 6.60. The van der Waals surface area contributed by atoms with Crippen molar-refractivity contribution in [2.24, 2.45) is 4.99 Å². The van der Waals surface area contributed by atoms with Gasteiger partial charge >= 0.3 is 0 Å². The average Bonchev–Trinajstić information content (AvgIpc) is 3.38. The van der Waals surface area contributed by atoms with Crippen molar-refractivity contribution in [2.75, 3.05) is 6.54 Å². The molecule has 0 spiro atoms. The van der Waals surface area contributed by atoms with Crippen LogP contribution in [0.3, 0.4) is 0 Å². The van der Waals surface area contributed by atoms with E-state index in [2.05, 4.69) is 80.5 Å². The first-order chi connectivity index (χ1) is 15.0. The molecule has 2 aliphatic heterocycles. The topological polar surface area (TPSA) is 33.4 Å². The van der Waals surface area contributed by atoms with Crippen molar-refractivity contribution in [3.8, 4) is 5.69 Å². The highest BCUT2D eigenvalue weighted by atomic mass is 32.2. The van der Waals surface area contributed by atoms with Crippen LogP contribution in [0, 0.1) is 20.8 Å². The molecule has 1 saturated heterocycles. The lowest BCUT2D eigenvalue weighted by Gasteiger charge is -2.27.